The first-order valence-electron chi connectivity index (χ1n) is 7.11. The van der Waals surface area contributed by atoms with Gasteiger partial charge in [-0.25, -0.2) is 4.68 Å². The predicted octanol–water partition coefficient (Wildman–Crippen LogP) is 1.92. The molecule has 0 saturated carbocycles. The van der Waals surface area contributed by atoms with Crippen LogP contribution in [0.1, 0.15) is 44.0 Å². The van der Waals surface area contributed by atoms with Gasteiger partial charge >= 0.3 is 0 Å². The summed E-state index contributed by atoms with van der Waals surface area (Å²) >= 11 is 0. The van der Waals surface area contributed by atoms with Crippen LogP contribution in [0, 0.1) is 5.92 Å². The summed E-state index contributed by atoms with van der Waals surface area (Å²) in [6.07, 6.45) is 3.85. The van der Waals surface area contributed by atoms with Crippen LogP contribution in [-0.4, -0.2) is 40.2 Å². The van der Waals surface area contributed by atoms with Crippen LogP contribution in [0.4, 0.5) is 5.82 Å². The number of likely N-dealkylation sites (tertiary alicyclic amines) is 1. The number of anilines is 1. The van der Waals surface area contributed by atoms with Crippen LogP contribution in [0.15, 0.2) is 6.20 Å². The number of hydrogen-bond donors (Lipinski definition) is 1. The molecule has 5 nitrogen and oxygen atoms in total. The van der Waals surface area contributed by atoms with Crippen molar-refractivity contribution in [2.75, 3.05) is 25.0 Å². The Hall–Kier alpha value is -1.52. The predicted molar refractivity (Wildman–Crippen MR) is 74.3 cm³/mol. The highest BCUT2D eigenvalue weighted by Gasteiger charge is 2.33. The van der Waals surface area contributed by atoms with E-state index >= 15 is 0 Å². The van der Waals surface area contributed by atoms with Gasteiger partial charge in [-0.2, -0.15) is 5.10 Å². The second kappa shape index (κ2) is 4.25. The standard InChI is InChI=1S/C14H22N4O/c1-10-4-7-17(9-10)13(19)11-8-16-18-12(11)15-6-5-14(18,2)3/h8,10,15H,4-7,9H2,1-3H3. The van der Waals surface area contributed by atoms with E-state index in [9.17, 15) is 4.79 Å². The Morgan fingerprint density at radius 2 is 2.32 bits per heavy atom. The van der Waals surface area contributed by atoms with E-state index < -0.39 is 0 Å². The van der Waals surface area contributed by atoms with E-state index in [1.807, 2.05) is 9.58 Å². The Labute approximate surface area is 114 Å². The Morgan fingerprint density at radius 1 is 1.53 bits per heavy atom. The molecule has 1 aromatic rings. The van der Waals surface area contributed by atoms with Crippen LogP contribution in [0.5, 0.6) is 0 Å². The van der Waals surface area contributed by atoms with Gasteiger partial charge in [0.05, 0.1) is 11.7 Å². The van der Waals surface area contributed by atoms with Crippen LogP contribution in [0.3, 0.4) is 0 Å². The number of carbonyl (C=O) groups is 1. The average molecular weight is 262 g/mol. The molecule has 1 fully saturated rings. The molecule has 0 aliphatic carbocycles. The number of rotatable bonds is 1. The molecule has 1 atom stereocenters. The van der Waals surface area contributed by atoms with Gasteiger partial charge in [-0.15, -0.1) is 0 Å². The number of amides is 1. The molecule has 2 aliphatic heterocycles. The van der Waals surface area contributed by atoms with E-state index in [0.29, 0.717) is 5.92 Å². The van der Waals surface area contributed by atoms with Crippen molar-refractivity contribution in [2.24, 2.45) is 5.92 Å². The minimum Gasteiger partial charge on any atom is -0.370 e. The highest BCUT2D eigenvalue weighted by molar-refractivity contribution is 5.99. The van der Waals surface area contributed by atoms with Crippen molar-refractivity contribution in [3.05, 3.63) is 11.8 Å². The molecule has 0 bridgehead atoms. The molecule has 1 amide bonds. The molecule has 19 heavy (non-hydrogen) atoms. The normalized spacial score (nSPS) is 25.0. The van der Waals surface area contributed by atoms with Gasteiger partial charge in [0.25, 0.3) is 5.91 Å². The molecule has 3 rings (SSSR count). The Balaban J connectivity index is 1.90. The van der Waals surface area contributed by atoms with Crippen LogP contribution in [0.25, 0.3) is 0 Å². The van der Waals surface area contributed by atoms with Gasteiger partial charge in [-0.1, -0.05) is 6.92 Å². The minimum absolute atomic E-state index is 0.0165. The van der Waals surface area contributed by atoms with Crippen LogP contribution < -0.4 is 5.32 Å². The van der Waals surface area contributed by atoms with Gasteiger partial charge in [0, 0.05) is 19.6 Å². The maximum absolute atomic E-state index is 12.6. The lowest BCUT2D eigenvalue weighted by Crippen LogP contribution is -2.37. The van der Waals surface area contributed by atoms with Crippen LogP contribution in [-0.2, 0) is 5.54 Å². The van der Waals surface area contributed by atoms with Gasteiger partial charge in [0.2, 0.25) is 0 Å². The Kier molecular flexibility index (Phi) is 2.80. The van der Waals surface area contributed by atoms with Crippen molar-refractivity contribution in [3.8, 4) is 0 Å². The molecule has 0 radical (unpaired) electrons. The Morgan fingerprint density at radius 3 is 3.00 bits per heavy atom. The van der Waals surface area contributed by atoms with E-state index in [2.05, 4.69) is 31.2 Å². The summed E-state index contributed by atoms with van der Waals surface area (Å²) in [5, 5.41) is 7.76. The maximum atomic E-state index is 12.6. The molecule has 3 heterocycles. The molecule has 1 N–H and O–H groups in total. The second-order valence-electron chi connectivity index (χ2n) is 6.45. The largest absolute Gasteiger partial charge is 0.370 e. The zero-order valence-corrected chi connectivity index (χ0v) is 11.9. The number of fused-ring (bicyclic) bond motifs is 1. The number of carbonyl (C=O) groups excluding carboxylic acids is 1. The number of nitrogens with zero attached hydrogens (tertiary/aromatic N) is 3. The van der Waals surface area contributed by atoms with Crippen molar-refractivity contribution in [3.63, 3.8) is 0 Å². The van der Waals surface area contributed by atoms with Gasteiger partial charge in [-0.05, 0) is 32.6 Å². The molecular weight excluding hydrogens is 240 g/mol. The lowest BCUT2D eigenvalue weighted by Gasteiger charge is -2.33. The fraction of sp³-hybridized carbons (Fsp3) is 0.714. The van der Waals surface area contributed by atoms with E-state index in [1.54, 1.807) is 6.20 Å². The number of hydrogen-bond acceptors (Lipinski definition) is 3. The van der Waals surface area contributed by atoms with Crippen molar-refractivity contribution in [2.45, 2.75) is 39.2 Å². The molecule has 5 heteroatoms. The Bertz CT molecular complexity index is 506. The molecule has 1 aromatic heterocycles. The molecule has 2 aliphatic rings. The molecule has 104 valence electrons. The monoisotopic (exact) mass is 262 g/mol. The minimum atomic E-state index is -0.0165. The third-order valence-corrected chi connectivity index (χ3v) is 4.31. The summed E-state index contributed by atoms with van der Waals surface area (Å²) in [4.78, 5) is 14.5. The van der Waals surface area contributed by atoms with E-state index in [-0.39, 0.29) is 11.4 Å². The summed E-state index contributed by atoms with van der Waals surface area (Å²) in [6, 6.07) is 0. The van der Waals surface area contributed by atoms with E-state index in [1.165, 1.54) is 0 Å². The highest BCUT2D eigenvalue weighted by Crippen LogP contribution is 2.32. The highest BCUT2D eigenvalue weighted by atomic mass is 16.2. The fourth-order valence-electron chi connectivity index (χ4n) is 3.02. The van der Waals surface area contributed by atoms with E-state index in [0.717, 1.165) is 43.9 Å². The van der Waals surface area contributed by atoms with E-state index in [4.69, 9.17) is 0 Å². The van der Waals surface area contributed by atoms with Crippen LogP contribution in [0.2, 0.25) is 0 Å². The average Bonchev–Trinajstić information content (AvgIpc) is 2.95. The summed E-state index contributed by atoms with van der Waals surface area (Å²) in [6.45, 7) is 9.16. The first-order valence-corrected chi connectivity index (χ1v) is 7.11. The third kappa shape index (κ3) is 2.01. The lowest BCUT2D eigenvalue weighted by molar-refractivity contribution is 0.0788. The smallest absolute Gasteiger partial charge is 0.259 e. The second-order valence-corrected chi connectivity index (χ2v) is 6.45. The zero-order chi connectivity index (χ0) is 13.6. The third-order valence-electron chi connectivity index (χ3n) is 4.31. The van der Waals surface area contributed by atoms with Crippen molar-refractivity contribution < 1.29 is 4.79 Å². The summed E-state index contributed by atoms with van der Waals surface area (Å²) < 4.78 is 1.96. The van der Waals surface area contributed by atoms with Crippen molar-refractivity contribution >= 4 is 11.7 Å². The summed E-state index contributed by atoms with van der Waals surface area (Å²) in [5.74, 6) is 1.62. The van der Waals surface area contributed by atoms with Gasteiger partial charge < -0.3 is 10.2 Å². The van der Waals surface area contributed by atoms with Gasteiger partial charge in [0.15, 0.2) is 0 Å². The molecule has 0 aromatic carbocycles. The number of aromatic nitrogens is 2. The van der Waals surface area contributed by atoms with Crippen molar-refractivity contribution in [1.82, 2.24) is 14.7 Å². The lowest BCUT2D eigenvalue weighted by atomic mass is 9.99. The maximum Gasteiger partial charge on any atom is 0.259 e. The zero-order valence-electron chi connectivity index (χ0n) is 11.9. The number of nitrogens with one attached hydrogen (secondary N) is 1. The van der Waals surface area contributed by atoms with Crippen LogP contribution >= 0.6 is 0 Å². The van der Waals surface area contributed by atoms with Gasteiger partial charge in [0.1, 0.15) is 11.4 Å². The first-order chi connectivity index (χ1) is 8.99. The SMILES string of the molecule is CC1CCN(C(=O)c2cnn3c2NCCC3(C)C)C1. The molecule has 1 unspecified atom stereocenters. The summed E-state index contributed by atoms with van der Waals surface area (Å²) in [7, 11) is 0. The molecule has 1 saturated heterocycles. The topological polar surface area (TPSA) is 50.2 Å². The molecular formula is C14H22N4O. The van der Waals surface area contributed by atoms with Crippen molar-refractivity contribution in [1.29, 1.82) is 0 Å². The first kappa shape index (κ1) is 12.5. The summed E-state index contributed by atoms with van der Waals surface area (Å²) in [5.41, 5.74) is 0.708. The van der Waals surface area contributed by atoms with Gasteiger partial charge in [-0.3, -0.25) is 4.79 Å². The molecule has 0 spiro atoms. The fourth-order valence-corrected chi connectivity index (χ4v) is 3.02. The quantitative estimate of drug-likeness (QED) is 0.841.